The zero-order valence-corrected chi connectivity index (χ0v) is 9.96. The average Bonchev–Trinajstić information content (AvgIpc) is 2.30. The van der Waals surface area contributed by atoms with E-state index in [0.717, 1.165) is 23.8 Å². The molecule has 3 nitrogen and oxygen atoms in total. The van der Waals surface area contributed by atoms with Gasteiger partial charge in [-0.15, -0.1) is 0 Å². The lowest BCUT2D eigenvalue weighted by Crippen LogP contribution is -1.99. The van der Waals surface area contributed by atoms with Gasteiger partial charge in [-0.3, -0.25) is 0 Å². The van der Waals surface area contributed by atoms with E-state index in [1.807, 2.05) is 6.07 Å². The van der Waals surface area contributed by atoms with Gasteiger partial charge in [0.25, 0.3) is 0 Å². The summed E-state index contributed by atoms with van der Waals surface area (Å²) < 4.78 is 18.4. The monoisotopic (exact) mass is 234 g/mol. The topological polar surface area (TPSA) is 48.1 Å². The predicted molar refractivity (Wildman–Crippen MR) is 66.7 cm³/mol. The molecule has 0 radical (unpaired) electrons. The Morgan fingerprint density at radius 2 is 2.12 bits per heavy atom. The molecular formula is C13H15FN2O. The summed E-state index contributed by atoms with van der Waals surface area (Å²) in [5.74, 6) is 0.283. The Hall–Kier alpha value is -1.84. The molecular weight excluding hydrogens is 219 g/mol. The highest BCUT2D eigenvalue weighted by Crippen LogP contribution is 2.26. The second-order valence-corrected chi connectivity index (χ2v) is 3.96. The van der Waals surface area contributed by atoms with Gasteiger partial charge in [-0.25, -0.2) is 9.37 Å². The van der Waals surface area contributed by atoms with Crippen LogP contribution in [0.5, 0.6) is 5.75 Å². The van der Waals surface area contributed by atoms with Gasteiger partial charge < -0.3 is 10.5 Å². The minimum atomic E-state index is -0.421. The number of hydrogen-bond acceptors (Lipinski definition) is 3. The molecule has 0 aliphatic heterocycles. The van der Waals surface area contributed by atoms with Gasteiger partial charge in [-0.1, -0.05) is 13.3 Å². The van der Waals surface area contributed by atoms with E-state index in [0.29, 0.717) is 11.3 Å². The number of rotatable bonds is 3. The second kappa shape index (κ2) is 4.57. The van der Waals surface area contributed by atoms with Crippen molar-refractivity contribution in [3.8, 4) is 5.75 Å². The van der Waals surface area contributed by atoms with Gasteiger partial charge in [0.15, 0.2) is 11.6 Å². The molecule has 0 aliphatic carbocycles. The minimum absolute atomic E-state index is 0.228. The van der Waals surface area contributed by atoms with Crippen molar-refractivity contribution in [2.75, 3.05) is 12.8 Å². The summed E-state index contributed by atoms with van der Waals surface area (Å²) in [6, 6.07) is 4.94. The number of pyridine rings is 1. The lowest BCUT2D eigenvalue weighted by molar-refractivity contribution is 0.387. The molecule has 0 amide bonds. The molecule has 0 atom stereocenters. The van der Waals surface area contributed by atoms with Crippen LogP contribution < -0.4 is 10.5 Å². The van der Waals surface area contributed by atoms with Crippen molar-refractivity contribution in [1.29, 1.82) is 0 Å². The fourth-order valence-corrected chi connectivity index (χ4v) is 1.86. The largest absolute Gasteiger partial charge is 0.494 e. The molecule has 17 heavy (non-hydrogen) atoms. The number of aryl methyl sites for hydroxylation is 1. The number of nitrogen functional groups attached to an aromatic ring is 1. The van der Waals surface area contributed by atoms with Crippen LogP contribution >= 0.6 is 0 Å². The first-order valence-corrected chi connectivity index (χ1v) is 5.58. The molecule has 0 saturated carbocycles. The maximum Gasteiger partial charge on any atom is 0.167 e. The summed E-state index contributed by atoms with van der Waals surface area (Å²) in [6.07, 6.45) is 1.87. The van der Waals surface area contributed by atoms with E-state index in [-0.39, 0.29) is 5.75 Å². The second-order valence-electron chi connectivity index (χ2n) is 3.96. The molecule has 90 valence electrons. The highest BCUT2D eigenvalue weighted by atomic mass is 19.1. The summed E-state index contributed by atoms with van der Waals surface area (Å²) in [7, 11) is 1.45. The van der Waals surface area contributed by atoms with E-state index < -0.39 is 5.82 Å². The van der Waals surface area contributed by atoms with Gasteiger partial charge in [0.05, 0.1) is 12.6 Å². The first-order valence-electron chi connectivity index (χ1n) is 5.58. The van der Waals surface area contributed by atoms with Crippen LogP contribution in [0.25, 0.3) is 10.9 Å². The third-order valence-electron chi connectivity index (χ3n) is 2.72. The standard InChI is InChI=1S/C13H15FN2O/c1-3-4-8-5-9-6-12(17-2)10(14)7-11(9)16-13(8)15/h5-7H,3-4H2,1-2H3,(H2,15,16). The van der Waals surface area contributed by atoms with Gasteiger partial charge in [-0.05, 0) is 24.1 Å². The Morgan fingerprint density at radius 1 is 1.35 bits per heavy atom. The van der Waals surface area contributed by atoms with Crippen LogP contribution in [0.4, 0.5) is 10.2 Å². The highest BCUT2D eigenvalue weighted by Gasteiger charge is 2.08. The lowest BCUT2D eigenvalue weighted by atomic mass is 10.1. The highest BCUT2D eigenvalue weighted by molar-refractivity contribution is 5.83. The number of nitrogens with two attached hydrogens (primary N) is 1. The smallest absolute Gasteiger partial charge is 0.167 e. The van der Waals surface area contributed by atoms with E-state index in [1.54, 1.807) is 6.07 Å². The van der Waals surface area contributed by atoms with Gasteiger partial charge in [0.1, 0.15) is 5.82 Å². The van der Waals surface area contributed by atoms with Crippen molar-refractivity contribution in [2.24, 2.45) is 0 Å². The van der Waals surface area contributed by atoms with Gasteiger partial charge in [0.2, 0.25) is 0 Å². The van der Waals surface area contributed by atoms with Crippen LogP contribution in [0.1, 0.15) is 18.9 Å². The molecule has 0 bridgehead atoms. The summed E-state index contributed by atoms with van der Waals surface area (Å²) in [5.41, 5.74) is 7.38. The van der Waals surface area contributed by atoms with E-state index >= 15 is 0 Å². The van der Waals surface area contributed by atoms with Crippen LogP contribution in [0.15, 0.2) is 18.2 Å². The molecule has 0 unspecified atom stereocenters. The fourth-order valence-electron chi connectivity index (χ4n) is 1.86. The van der Waals surface area contributed by atoms with Crippen molar-refractivity contribution in [2.45, 2.75) is 19.8 Å². The summed E-state index contributed by atoms with van der Waals surface area (Å²) in [6.45, 7) is 2.08. The van der Waals surface area contributed by atoms with Crippen molar-refractivity contribution in [3.63, 3.8) is 0 Å². The van der Waals surface area contributed by atoms with Crippen molar-refractivity contribution in [1.82, 2.24) is 4.98 Å². The summed E-state index contributed by atoms with van der Waals surface area (Å²) in [5, 5.41) is 0.848. The Balaban J connectivity index is 2.62. The van der Waals surface area contributed by atoms with Crippen LogP contribution in [0, 0.1) is 5.82 Å². The van der Waals surface area contributed by atoms with E-state index in [2.05, 4.69) is 11.9 Å². The number of ether oxygens (including phenoxy) is 1. The van der Waals surface area contributed by atoms with Crippen LogP contribution in [0.2, 0.25) is 0 Å². The minimum Gasteiger partial charge on any atom is -0.494 e. The SMILES string of the molecule is CCCc1cc2cc(OC)c(F)cc2nc1N. The molecule has 0 fully saturated rings. The zero-order valence-electron chi connectivity index (χ0n) is 9.96. The number of hydrogen-bond donors (Lipinski definition) is 1. The first kappa shape index (κ1) is 11.6. The first-order chi connectivity index (χ1) is 8.15. The predicted octanol–water partition coefficient (Wildman–Crippen LogP) is 2.92. The van der Waals surface area contributed by atoms with Crippen molar-refractivity contribution >= 4 is 16.7 Å². The maximum absolute atomic E-state index is 13.5. The Bertz CT molecular complexity index is 555. The number of aromatic nitrogens is 1. The number of methoxy groups -OCH3 is 1. The molecule has 4 heteroatoms. The van der Waals surface area contributed by atoms with E-state index in [9.17, 15) is 4.39 Å². The number of benzene rings is 1. The molecule has 2 N–H and O–H groups in total. The van der Waals surface area contributed by atoms with Crippen LogP contribution in [-0.4, -0.2) is 12.1 Å². The average molecular weight is 234 g/mol. The Kier molecular flexibility index (Phi) is 3.13. The molecule has 1 aromatic heterocycles. The molecule has 2 rings (SSSR count). The Labute approximate surface area is 99.4 Å². The molecule has 1 heterocycles. The quantitative estimate of drug-likeness (QED) is 0.888. The van der Waals surface area contributed by atoms with Crippen molar-refractivity contribution in [3.05, 3.63) is 29.6 Å². The van der Waals surface area contributed by atoms with Crippen molar-refractivity contribution < 1.29 is 9.13 Å². The van der Waals surface area contributed by atoms with Crippen LogP contribution in [-0.2, 0) is 6.42 Å². The van der Waals surface area contributed by atoms with Crippen LogP contribution in [0.3, 0.4) is 0 Å². The van der Waals surface area contributed by atoms with E-state index in [4.69, 9.17) is 10.5 Å². The van der Waals surface area contributed by atoms with E-state index in [1.165, 1.54) is 13.2 Å². The zero-order chi connectivity index (χ0) is 12.4. The maximum atomic E-state index is 13.5. The third-order valence-corrected chi connectivity index (χ3v) is 2.72. The normalized spacial score (nSPS) is 10.8. The molecule has 2 aromatic rings. The molecule has 1 aromatic carbocycles. The Morgan fingerprint density at radius 3 is 2.76 bits per heavy atom. The third kappa shape index (κ3) is 2.16. The molecule has 0 saturated heterocycles. The summed E-state index contributed by atoms with van der Waals surface area (Å²) in [4.78, 5) is 4.21. The number of halogens is 1. The number of nitrogens with zero attached hydrogens (tertiary/aromatic N) is 1. The molecule has 0 aliphatic rings. The number of anilines is 1. The fraction of sp³-hybridized carbons (Fsp3) is 0.308. The van der Waals surface area contributed by atoms with Gasteiger partial charge in [-0.2, -0.15) is 0 Å². The molecule has 0 spiro atoms. The lowest BCUT2D eigenvalue weighted by Gasteiger charge is -2.08. The number of fused-ring (bicyclic) bond motifs is 1. The summed E-state index contributed by atoms with van der Waals surface area (Å²) >= 11 is 0. The van der Waals surface area contributed by atoms with Gasteiger partial charge >= 0.3 is 0 Å². The van der Waals surface area contributed by atoms with Gasteiger partial charge in [0, 0.05) is 11.5 Å².